The van der Waals surface area contributed by atoms with E-state index in [1.54, 1.807) is 0 Å². The number of rotatable bonds is 3. The molecule has 0 saturated carbocycles. The van der Waals surface area contributed by atoms with Crippen molar-refractivity contribution in [3.63, 3.8) is 0 Å². The first-order chi connectivity index (χ1) is 11.9. The maximum absolute atomic E-state index is 12.6. The van der Waals surface area contributed by atoms with E-state index in [0.29, 0.717) is 45.4 Å². The molecule has 1 aromatic rings. The lowest BCUT2D eigenvalue weighted by atomic mass is 10.1. The smallest absolute Gasteiger partial charge is 0.222 e. The van der Waals surface area contributed by atoms with Crippen molar-refractivity contribution in [3.05, 3.63) is 29.6 Å². The highest BCUT2D eigenvalue weighted by atomic mass is 32.2. The highest BCUT2D eigenvalue weighted by Crippen LogP contribution is 2.29. The van der Waals surface area contributed by atoms with Gasteiger partial charge in [0.1, 0.15) is 0 Å². The standard InChI is InChI=1S/C18H27N3O3S/c1-3-18(22)20-9-7-16-17(8-10-20)25(23,24)12-11-21(16)13-15-6-4-5-14(2)19-15/h4-6,16-17H,3,7-13H2,1-2H3/t16-,17+/m0/s1. The average molecular weight is 365 g/mol. The number of sulfone groups is 1. The van der Waals surface area contributed by atoms with E-state index in [4.69, 9.17) is 0 Å². The molecular weight excluding hydrogens is 338 g/mol. The monoisotopic (exact) mass is 365 g/mol. The van der Waals surface area contributed by atoms with Gasteiger partial charge in [-0.1, -0.05) is 13.0 Å². The van der Waals surface area contributed by atoms with Crippen LogP contribution in [0.4, 0.5) is 0 Å². The molecule has 2 atom stereocenters. The van der Waals surface area contributed by atoms with Crippen molar-refractivity contribution in [3.8, 4) is 0 Å². The molecule has 3 heterocycles. The summed E-state index contributed by atoms with van der Waals surface area (Å²) in [4.78, 5) is 20.7. The third-order valence-electron chi connectivity index (χ3n) is 5.37. The fraction of sp³-hybridized carbons (Fsp3) is 0.667. The SMILES string of the molecule is CCC(=O)N1CC[C@@H]2[C@H](CC1)N(Cc1cccc(C)n1)CCS2(=O)=O. The second-order valence-corrected chi connectivity index (χ2v) is 9.36. The molecule has 0 aliphatic carbocycles. The van der Waals surface area contributed by atoms with Gasteiger partial charge < -0.3 is 4.90 Å². The number of likely N-dealkylation sites (tertiary alicyclic amines) is 1. The quantitative estimate of drug-likeness (QED) is 0.810. The summed E-state index contributed by atoms with van der Waals surface area (Å²) in [6.45, 7) is 6.21. The molecule has 0 aromatic carbocycles. The topological polar surface area (TPSA) is 70.6 Å². The lowest BCUT2D eigenvalue weighted by molar-refractivity contribution is -0.130. The third kappa shape index (κ3) is 4.03. The van der Waals surface area contributed by atoms with Gasteiger partial charge >= 0.3 is 0 Å². The van der Waals surface area contributed by atoms with Crippen molar-refractivity contribution in [1.29, 1.82) is 0 Å². The van der Waals surface area contributed by atoms with Gasteiger partial charge in [0, 0.05) is 44.3 Å². The van der Waals surface area contributed by atoms with E-state index in [0.717, 1.165) is 11.4 Å². The Hall–Kier alpha value is -1.47. The summed E-state index contributed by atoms with van der Waals surface area (Å²) in [7, 11) is -3.10. The molecule has 2 aliphatic heterocycles. The van der Waals surface area contributed by atoms with Crippen LogP contribution in [0, 0.1) is 6.92 Å². The Morgan fingerprint density at radius 2 is 2.00 bits per heavy atom. The summed E-state index contributed by atoms with van der Waals surface area (Å²) < 4.78 is 25.2. The van der Waals surface area contributed by atoms with Gasteiger partial charge in [0.05, 0.1) is 16.7 Å². The minimum Gasteiger partial charge on any atom is -0.343 e. The number of amides is 1. The van der Waals surface area contributed by atoms with Gasteiger partial charge in [0.25, 0.3) is 0 Å². The largest absolute Gasteiger partial charge is 0.343 e. The van der Waals surface area contributed by atoms with Crippen molar-refractivity contribution >= 4 is 15.7 Å². The number of pyridine rings is 1. The minimum absolute atomic E-state index is 0.0317. The number of fused-ring (bicyclic) bond motifs is 1. The molecule has 0 bridgehead atoms. The number of hydrogen-bond acceptors (Lipinski definition) is 5. The average Bonchev–Trinajstić information content (AvgIpc) is 2.81. The van der Waals surface area contributed by atoms with Crippen LogP contribution >= 0.6 is 0 Å². The van der Waals surface area contributed by atoms with E-state index in [1.807, 2.05) is 36.9 Å². The summed E-state index contributed by atoms with van der Waals surface area (Å²) in [6, 6.07) is 5.92. The maximum Gasteiger partial charge on any atom is 0.222 e. The van der Waals surface area contributed by atoms with Crippen LogP contribution in [-0.2, 0) is 21.2 Å². The van der Waals surface area contributed by atoms with Gasteiger partial charge in [-0.25, -0.2) is 8.42 Å². The zero-order valence-electron chi connectivity index (χ0n) is 15.0. The van der Waals surface area contributed by atoms with E-state index in [9.17, 15) is 13.2 Å². The van der Waals surface area contributed by atoms with Crippen LogP contribution in [0.15, 0.2) is 18.2 Å². The number of carbonyl (C=O) groups is 1. The highest BCUT2D eigenvalue weighted by molar-refractivity contribution is 7.92. The summed E-state index contributed by atoms with van der Waals surface area (Å²) >= 11 is 0. The number of carbonyl (C=O) groups excluding carboxylic acids is 1. The van der Waals surface area contributed by atoms with Crippen LogP contribution in [0.5, 0.6) is 0 Å². The van der Waals surface area contributed by atoms with Gasteiger partial charge in [0.2, 0.25) is 5.91 Å². The predicted octanol–water partition coefficient (Wildman–Crippen LogP) is 1.39. The molecule has 2 fully saturated rings. The van der Waals surface area contributed by atoms with E-state index in [1.165, 1.54) is 0 Å². The molecule has 1 aromatic heterocycles. The van der Waals surface area contributed by atoms with Gasteiger partial charge in [-0.3, -0.25) is 14.7 Å². The predicted molar refractivity (Wildman–Crippen MR) is 96.9 cm³/mol. The van der Waals surface area contributed by atoms with Gasteiger partial charge in [-0.05, 0) is 31.9 Å². The molecule has 0 radical (unpaired) electrons. The molecule has 138 valence electrons. The van der Waals surface area contributed by atoms with Crippen LogP contribution in [0.3, 0.4) is 0 Å². The molecular formula is C18H27N3O3S. The molecule has 6 nitrogen and oxygen atoms in total. The van der Waals surface area contributed by atoms with E-state index in [-0.39, 0.29) is 23.0 Å². The number of aryl methyl sites for hydroxylation is 1. The summed E-state index contributed by atoms with van der Waals surface area (Å²) in [6.07, 6.45) is 1.72. The maximum atomic E-state index is 12.6. The molecule has 2 aliphatic rings. The van der Waals surface area contributed by atoms with Crippen molar-refractivity contribution in [2.45, 2.75) is 50.9 Å². The Morgan fingerprint density at radius 1 is 1.24 bits per heavy atom. The molecule has 1 amide bonds. The Kier molecular flexibility index (Phi) is 5.43. The van der Waals surface area contributed by atoms with E-state index in [2.05, 4.69) is 9.88 Å². The first-order valence-electron chi connectivity index (χ1n) is 9.06. The molecule has 0 unspecified atom stereocenters. The Balaban J connectivity index is 1.81. The lowest BCUT2D eigenvalue weighted by Crippen LogP contribution is -2.54. The number of hydrogen-bond donors (Lipinski definition) is 0. The summed E-state index contributed by atoms with van der Waals surface area (Å²) in [5.74, 6) is 0.310. The minimum atomic E-state index is -3.10. The second kappa shape index (κ2) is 7.41. The fourth-order valence-electron chi connectivity index (χ4n) is 4.02. The molecule has 7 heteroatoms. The zero-order chi connectivity index (χ0) is 18.0. The van der Waals surface area contributed by atoms with Crippen LogP contribution in [0.25, 0.3) is 0 Å². The normalized spacial score (nSPS) is 26.7. The third-order valence-corrected chi connectivity index (χ3v) is 7.59. The van der Waals surface area contributed by atoms with Crippen LogP contribution in [-0.4, -0.2) is 65.8 Å². The zero-order valence-corrected chi connectivity index (χ0v) is 15.8. The molecule has 25 heavy (non-hydrogen) atoms. The van der Waals surface area contributed by atoms with Crippen LogP contribution < -0.4 is 0 Å². The molecule has 3 rings (SSSR count). The van der Waals surface area contributed by atoms with E-state index < -0.39 is 9.84 Å². The number of aromatic nitrogens is 1. The van der Waals surface area contributed by atoms with Crippen molar-refractivity contribution in [2.75, 3.05) is 25.4 Å². The highest BCUT2D eigenvalue weighted by Gasteiger charge is 2.43. The summed E-state index contributed by atoms with van der Waals surface area (Å²) in [5.41, 5.74) is 1.95. The molecule has 0 N–H and O–H groups in total. The van der Waals surface area contributed by atoms with Gasteiger partial charge in [-0.15, -0.1) is 0 Å². The first-order valence-corrected chi connectivity index (χ1v) is 10.8. The Morgan fingerprint density at radius 3 is 2.72 bits per heavy atom. The Bertz CT molecular complexity index is 735. The van der Waals surface area contributed by atoms with Crippen LogP contribution in [0.1, 0.15) is 37.6 Å². The van der Waals surface area contributed by atoms with Crippen molar-refractivity contribution in [1.82, 2.24) is 14.8 Å². The second-order valence-electron chi connectivity index (χ2n) is 7.03. The lowest BCUT2D eigenvalue weighted by Gasteiger charge is -2.39. The van der Waals surface area contributed by atoms with E-state index >= 15 is 0 Å². The first kappa shape index (κ1) is 18.3. The fourth-order valence-corrected chi connectivity index (χ4v) is 6.07. The van der Waals surface area contributed by atoms with Gasteiger partial charge in [0.15, 0.2) is 9.84 Å². The Labute approximate surface area is 150 Å². The number of nitrogens with zero attached hydrogens (tertiary/aromatic N) is 3. The van der Waals surface area contributed by atoms with Gasteiger partial charge in [-0.2, -0.15) is 0 Å². The molecule has 2 saturated heterocycles. The van der Waals surface area contributed by atoms with Crippen molar-refractivity contribution < 1.29 is 13.2 Å². The molecule has 0 spiro atoms. The summed E-state index contributed by atoms with van der Waals surface area (Å²) in [5, 5.41) is -0.374. The van der Waals surface area contributed by atoms with Crippen molar-refractivity contribution in [2.24, 2.45) is 0 Å². The van der Waals surface area contributed by atoms with Crippen LogP contribution in [0.2, 0.25) is 0 Å².